The first-order valence-corrected chi connectivity index (χ1v) is 14.9. The van der Waals surface area contributed by atoms with Gasteiger partial charge >= 0.3 is 11.9 Å². The van der Waals surface area contributed by atoms with E-state index in [0.29, 0.717) is 0 Å². The van der Waals surface area contributed by atoms with Gasteiger partial charge in [0.1, 0.15) is 30.2 Å². The van der Waals surface area contributed by atoms with Crippen LogP contribution in [0.4, 0.5) is 0 Å². The van der Waals surface area contributed by atoms with Crippen LogP contribution >= 0.6 is 0 Å². The van der Waals surface area contributed by atoms with Crippen LogP contribution in [0.2, 0.25) is 0 Å². The van der Waals surface area contributed by atoms with Gasteiger partial charge in [0.05, 0.1) is 32.5 Å². The van der Waals surface area contributed by atoms with Crippen molar-refractivity contribution in [2.24, 2.45) is 27.9 Å². The number of hydrogen-bond donors (Lipinski definition) is 12. The van der Waals surface area contributed by atoms with Gasteiger partial charge in [-0.25, -0.2) is 4.79 Å². The van der Waals surface area contributed by atoms with E-state index in [9.17, 15) is 53.4 Å². The number of rotatable bonds is 21. The van der Waals surface area contributed by atoms with E-state index in [0.717, 1.165) is 4.90 Å². The standard InChI is InChI=1S/C26H43N11O12/c27-9-18(40)33-12(3-1-5-31-26(29)30)21(44)32-10-19(41)34-13(8-20(42)43)22(45)35-14(7-17(28)39)24(47)37-6-2-4-16(37)23(46)36-15(11-38)25(48)49/h12-16,38H,1-11,27H2,(H2,28,39)(H,32,44)(H,33,40)(H,34,41)(H,35,45)(H,36,46)(H,42,43)(H,48,49)(H4,29,30,31)/t12-,13-,14-,15-,16-/m0/s1. The zero-order valence-electron chi connectivity index (χ0n) is 26.4. The van der Waals surface area contributed by atoms with Gasteiger partial charge in [0, 0.05) is 13.1 Å². The van der Waals surface area contributed by atoms with Crippen molar-refractivity contribution >= 4 is 59.2 Å². The van der Waals surface area contributed by atoms with Crippen molar-refractivity contribution in [3.63, 3.8) is 0 Å². The largest absolute Gasteiger partial charge is 0.481 e. The fraction of sp³-hybridized carbons (Fsp3) is 0.615. The highest BCUT2D eigenvalue weighted by molar-refractivity contribution is 5.98. The summed E-state index contributed by atoms with van der Waals surface area (Å²) in [6.07, 6.45) is -1.18. The van der Waals surface area contributed by atoms with Crippen LogP contribution in [0.15, 0.2) is 4.99 Å². The van der Waals surface area contributed by atoms with E-state index in [2.05, 4.69) is 31.6 Å². The molecule has 5 atom stereocenters. The molecular weight excluding hydrogens is 658 g/mol. The van der Waals surface area contributed by atoms with Gasteiger partial charge in [0.15, 0.2) is 5.96 Å². The van der Waals surface area contributed by atoms with Crippen LogP contribution in [-0.2, 0) is 43.2 Å². The molecule has 1 aliphatic rings. The third-order valence-electron chi connectivity index (χ3n) is 6.89. The molecule has 0 aromatic heterocycles. The minimum absolute atomic E-state index is 0.0381. The molecule has 0 aromatic carbocycles. The second kappa shape index (κ2) is 20.6. The highest BCUT2D eigenvalue weighted by atomic mass is 16.4. The zero-order chi connectivity index (χ0) is 37.3. The van der Waals surface area contributed by atoms with Gasteiger partial charge in [-0.2, -0.15) is 0 Å². The summed E-state index contributed by atoms with van der Waals surface area (Å²) in [5, 5.41) is 38.6. The number of guanidine groups is 1. The average Bonchev–Trinajstić information content (AvgIpc) is 3.52. The number of nitrogens with zero attached hydrogens (tertiary/aromatic N) is 2. The number of aliphatic hydroxyl groups excluding tert-OH is 1. The van der Waals surface area contributed by atoms with E-state index in [1.165, 1.54) is 0 Å². The Morgan fingerprint density at radius 2 is 1.47 bits per heavy atom. The van der Waals surface area contributed by atoms with Gasteiger partial charge in [-0.3, -0.25) is 43.3 Å². The van der Waals surface area contributed by atoms with Crippen LogP contribution in [0.3, 0.4) is 0 Å². The zero-order valence-corrected chi connectivity index (χ0v) is 26.4. The van der Waals surface area contributed by atoms with Crippen molar-refractivity contribution < 1.29 is 58.5 Å². The fourth-order valence-electron chi connectivity index (χ4n) is 4.58. The molecule has 0 saturated carbocycles. The van der Waals surface area contributed by atoms with Crippen LogP contribution in [-0.4, -0.2) is 142 Å². The van der Waals surface area contributed by atoms with Crippen LogP contribution < -0.4 is 49.5 Å². The maximum atomic E-state index is 13.4. The van der Waals surface area contributed by atoms with Crippen molar-refractivity contribution in [2.45, 2.75) is 68.7 Å². The number of aliphatic carboxylic acids is 2. The lowest BCUT2D eigenvalue weighted by Gasteiger charge is -2.29. The Morgan fingerprint density at radius 1 is 0.816 bits per heavy atom. The molecule has 0 aromatic rings. The maximum absolute atomic E-state index is 13.4. The van der Waals surface area contributed by atoms with Gasteiger partial charge in [-0.05, 0) is 25.7 Å². The molecule has 274 valence electrons. The number of carboxylic acids is 2. The van der Waals surface area contributed by atoms with Gasteiger partial charge in [0.25, 0.3) is 0 Å². The van der Waals surface area contributed by atoms with Crippen LogP contribution in [0.1, 0.15) is 38.5 Å². The summed E-state index contributed by atoms with van der Waals surface area (Å²) in [5.41, 5.74) is 21.0. The van der Waals surface area contributed by atoms with Crippen molar-refractivity contribution in [1.29, 1.82) is 0 Å². The second-order valence-electron chi connectivity index (χ2n) is 10.7. The summed E-state index contributed by atoms with van der Waals surface area (Å²) >= 11 is 0. The normalized spacial score (nSPS) is 16.1. The molecule has 7 amide bonds. The number of carbonyl (C=O) groups is 9. The third-order valence-corrected chi connectivity index (χ3v) is 6.89. The molecule has 49 heavy (non-hydrogen) atoms. The SMILES string of the molecule is NCC(=O)N[C@@H](CCCN=C(N)N)C(=O)NCC(=O)N[C@@H](CC(=O)O)C(=O)N[C@@H](CC(N)=O)C(=O)N1CCC[C@H]1C(=O)N[C@@H](CO)C(=O)O. The predicted molar refractivity (Wildman–Crippen MR) is 165 cm³/mol. The number of aliphatic hydroxyl groups is 1. The third kappa shape index (κ3) is 14.8. The van der Waals surface area contributed by atoms with Crippen molar-refractivity contribution in [3.05, 3.63) is 0 Å². The van der Waals surface area contributed by atoms with E-state index in [1.54, 1.807) is 0 Å². The number of likely N-dealkylation sites (tertiary alicyclic amines) is 1. The summed E-state index contributed by atoms with van der Waals surface area (Å²) in [7, 11) is 0. The lowest BCUT2D eigenvalue weighted by Crippen LogP contribution is -2.59. The molecule has 1 heterocycles. The minimum atomic E-state index is -1.84. The molecular formula is C26H43N11O12. The molecule has 1 saturated heterocycles. The smallest absolute Gasteiger partial charge is 0.328 e. The van der Waals surface area contributed by atoms with Crippen molar-refractivity contribution in [2.75, 3.05) is 32.8 Å². The number of aliphatic imine (C=N–C) groups is 1. The van der Waals surface area contributed by atoms with Crippen molar-refractivity contribution in [3.8, 4) is 0 Å². The van der Waals surface area contributed by atoms with Crippen molar-refractivity contribution in [1.82, 2.24) is 31.5 Å². The first-order chi connectivity index (χ1) is 23.0. The molecule has 0 bridgehead atoms. The Bertz CT molecular complexity index is 1290. The molecule has 23 heteroatoms. The number of carbonyl (C=O) groups excluding carboxylic acids is 7. The molecule has 1 rings (SSSR count). The maximum Gasteiger partial charge on any atom is 0.328 e. The van der Waals surface area contributed by atoms with E-state index < -0.39 is 116 Å². The number of primary amides is 1. The Morgan fingerprint density at radius 3 is 2.02 bits per heavy atom. The lowest BCUT2D eigenvalue weighted by atomic mass is 10.1. The van der Waals surface area contributed by atoms with Crippen LogP contribution in [0.25, 0.3) is 0 Å². The van der Waals surface area contributed by atoms with E-state index in [1.807, 2.05) is 0 Å². The quantitative estimate of drug-likeness (QED) is 0.0300. The summed E-state index contributed by atoms with van der Waals surface area (Å²) < 4.78 is 0. The monoisotopic (exact) mass is 701 g/mol. The van der Waals surface area contributed by atoms with Crippen LogP contribution in [0.5, 0.6) is 0 Å². The molecule has 1 fully saturated rings. The number of nitrogens with two attached hydrogens (primary N) is 4. The summed E-state index contributed by atoms with van der Waals surface area (Å²) in [4.78, 5) is 116. The molecule has 0 radical (unpaired) electrons. The molecule has 16 N–H and O–H groups in total. The average molecular weight is 702 g/mol. The van der Waals surface area contributed by atoms with Gasteiger partial charge in [0.2, 0.25) is 41.4 Å². The summed E-state index contributed by atoms with van der Waals surface area (Å²) in [6.45, 7) is -2.09. The number of nitrogens with one attached hydrogen (secondary N) is 5. The topological polar surface area (TPSA) is 394 Å². The lowest BCUT2D eigenvalue weighted by molar-refractivity contribution is -0.146. The van der Waals surface area contributed by atoms with E-state index in [-0.39, 0.29) is 44.7 Å². The molecule has 0 unspecified atom stereocenters. The fourth-order valence-corrected chi connectivity index (χ4v) is 4.58. The van der Waals surface area contributed by atoms with Gasteiger partial charge in [-0.1, -0.05) is 0 Å². The molecule has 0 aliphatic carbocycles. The predicted octanol–water partition coefficient (Wildman–Crippen LogP) is -7.53. The Kier molecular flexibility index (Phi) is 17.4. The Labute approximate surface area is 278 Å². The Balaban J connectivity index is 3.02. The van der Waals surface area contributed by atoms with E-state index in [4.69, 9.17) is 28.0 Å². The highest BCUT2D eigenvalue weighted by Gasteiger charge is 2.40. The van der Waals surface area contributed by atoms with Gasteiger partial charge < -0.3 is 69.7 Å². The number of carboxylic acid groups (broad SMARTS) is 2. The molecule has 0 spiro atoms. The first-order valence-electron chi connectivity index (χ1n) is 14.9. The second-order valence-corrected chi connectivity index (χ2v) is 10.7. The number of hydrogen-bond acceptors (Lipinski definition) is 12. The van der Waals surface area contributed by atoms with Crippen LogP contribution in [0, 0.1) is 0 Å². The minimum Gasteiger partial charge on any atom is -0.481 e. The van der Waals surface area contributed by atoms with Gasteiger partial charge in [-0.15, -0.1) is 0 Å². The highest BCUT2D eigenvalue weighted by Crippen LogP contribution is 2.20. The summed E-state index contributed by atoms with van der Waals surface area (Å²) in [6, 6.07) is -7.63. The molecule has 1 aliphatic heterocycles. The Hall–Kier alpha value is -5.58. The van der Waals surface area contributed by atoms with E-state index >= 15 is 0 Å². The first kappa shape index (κ1) is 41.4. The number of amides is 7. The summed E-state index contributed by atoms with van der Waals surface area (Å²) in [5.74, 6) is -10.0. The molecule has 23 nitrogen and oxygen atoms in total.